The van der Waals surface area contributed by atoms with Crippen molar-refractivity contribution in [3.05, 3.63) is 95.0 Å². The van der Waals surface area contributed by atoms with Crippen LogP contribution in [-0.2, 0) is 0 Å². The Morgan fingerprint density at radius 2 is 1.35 bits per heavy atom. The van der Waals surface area contributed by atoms with Crippen molar-refractivity contribution in [1.29, 1.82) is 0 Å². The van der Waals surface area contributed by atoms with E-state index in [9.17, 15) is 9.90 Å². The van der Waals surface area contributed by atoms with Crippen LogP contribution in [0.1, 0.15) is 22.0 Å². The standard InChI is InChI=1S/C20H15ClO2/c21-18-13-7-6-11-16(18)15-10-4-5-12-17(15)20(23)19(22)14-8-2-1-3-9-14/h1-13,19,22H. The summed E-state index contributed by atoms with van der Waals surface area (Å²) in [6.45, 7) is 0. The van der Waals surface area contributed by atoms with Gasteiger partial charge in [0.2, 0.25) is 0 Å². The molecule has 0 saturated heterocycles. The summed E-state index contributed by atoms with van der Waals surface area (Å²) in [5, 5.41) is 11.0. The molecular formula is C20H15ClO2. The van der Waals surface area contributed by atoms with Crippen molar-refractivity contribution in [3.8, 4) is 11.1 Å². The van der Waals surface area contributed by atoms with Gasteiger partial charge in [-0.15, -0.1) is 0 Å². The molecule has 0 amide bonds. The lowest BCUT2D eigenvalue weighted by Crippen LogP contribution is -2.13. The van der Waals surface area contributed by atoms with E-state index in [-0.39, 0.29) is 5.78 Å². The van der Waals surface area contributed by atoms with E-state index in [1.54, 1.807) is 42.5 Å². The molecule has 0 aliphatic rings. The minimum atomic E-state index is -1.19. The summed E-state index contributed by atoms with van der Waals surface area (Å²) in [6.07, 6.45) is -1.19. The number of ketones is 1. The second-order valence-corrected chi connectivity index (χ2v) is 5.61. The summed E-state index contributed by atoms with van der Waals surface area (Å²) in [5.41, 5.74) is 2.53. The minimum absolute atomic E-state index is 0.341. The molecule has 0 heterocycles. The molecule has 0 fully saturated rings. The maximum absolute atomic E-state index is 12.8. The van der Waals surface area contributed by atoms with Crippen molar-refractivity contribution in [3.63, 3.8) is 0 Å². The molecule has 0 aliphatic carbocycles. The Balaban J connectivity index is 2.04. The summed E-state index contributed by atoms with van der Waals surface area (Å²) in [7, 11) is 0. The van der Waals surface area contributed by atoms with Crippen LogP contribution >= 0.6 is 11.6 Å². The largest absolute Gasteiger partial charge is 0.380 e. The first-order valence-electron chi connectivity index (χ1n) is 7.29. The Kier molecular flexibility index (Phi) is 4.56. The minimum Gasteiger partial charge on any atom is -0.380 e. The Labute approximate surface area is 140 Å². The molecule has 0 bridgehead atoms. The highest BCUT2D eigenvalue weighted by atomic mass is 35.5. The number of aliphatic hydroxyl groups is 1. The third-order valence-corrected chi connectivity index (χ3v) is 4.05. The van der Waals surface area contributed by atoms with E-state index in [2.05, 4.69) is 0 Å². The van der Waals surface area contributed by atoms with Gasteiger partial charge in [-0.2, -0.15) is 0 Å². The van der Waals surface area contributed by atoms with Gasteiger partial charge in [-0.25, -0.2) is 0 Å². The van der Waals surface area contributed by atoms with E-state index in [1.165, 1.54) is 0 Å². The van der Waals surface area contributed by atoms with Gasteiger partial charge in [0.25, 0.3) is 0 Å². The van der Waals surface area contributed by atoms with E-state index < -0.39 is 6.10 Å². The van der Waals surface area contributed by atoms with Gasteiger partial charge in [0, 0.05) is 16.1 Å². The fourth-order valence-corrected chi connectivity index (χ4v) is 2.78. The van der Waals surface area contributed by atoms with Gasteiger partial charge in [0.05, 0.1) is 0 Å². The van der Waals surface area contributed by atoms with Gasteiger partial charge in [-0.05, 0) is 17.2 Å². The number of hydrogen-bond donors (Lipinski definition) is 1. The zero-order valence-electron chi connectivity index (χ0n) is 12.3. The maximum atomic E-state index is 12.8. The highest BCUT2D eigenvalue weighted by Gasteiger charge is 2.22. The molecule has 3 rings (SSSR count). The van der Waals surface area contributed by atoms with Crippen LogP contribution in [0.25, 0.3) is 11.1 Å². The van der Waals surface area contributed by atoms with Crippen LogP contribution in [0.5, 0.6) is 0 Å². The van der Waals surface area contributed by atoms with Crippen LogP contribution in [0.15, 0.2) is 78.9 Å². The molecule has 3 heteroatoms. The van der Waals surface area contributed by atoms with Crippen LogP contribution in [0.4, 0.5) is 0 Å². The predicted molar refractivity (Wildman–Crippen MR) is 92.6 cm³/mol. The molecule has 0 aromatic heterocycles. The summed E-state index contributed by atoms with van der Waals surface area (Å²) < 4.78 is 0. The summed E-state index contributed by atoms with van der Waals surface area (Å²) >= 11 is 6.26. The second-order valence-electron chi connectivity index (χ2n) is 5.20. The number of benzene rings is 3. The molecule has 0 spiro atoms. The van der Waals surface area contributed by atoms with Crippen molar-refractivity contribution in [1.82, 2.24) is 0 Å². The third-order valence-electron chi connectivity index (χ3n) is 3.72. The number of Topliss-reactive ketones (excluding diaryl/α,β-unsaturated/α-hetero) is 1. The molecule has 3 aromatic rings. The van der Waals surface area contributed by atoms with Gasteiger partial charge in [-0.1, -0.05) is 84.4 Å². The number of carbonyl (C=O) groups excluding carboxylic acids is 1. The number of carbonyl (C=O) groups is 1. The Morgan fingerprint density at radius 1 is 0.783 bits per heavy atom. The van der Waals surface area contributed by atoms with Crippen molar-refractivity contribution in [2.45, 2.75) is 6.10 Å². The molecular weight excluding hydrogens is 308 g/mol. The first-order valence-corrected chi connectivity index (χ1v) is 7.67. The molecule has 0 aliphatic heterocycles. The summed E-state index contributed by atoms with van der Waals surface area (Å²) in [6, 6.07) is 23.5. The van der Waals surface area contributed by atoms with Gasteiger partial charge in [0.15, 0.2) is 5.78 Å². The first kappa shape index (κ1) is 15.5. The quantitative estimate of drug-likeness (QED) is 0.692. The third kappa shape index (κ3) is 3.19. The lowest BCUT2D eigenvalue weighted by atomic mass is 9.93. The van der Waals surface area contributed by atoms with Gasteiger partial charge in [-0.3, -0.25) is 4.79 Å². The van der Waals surface area contributed by atoms with Crippen LogP contribution in [0.3, 0.4) is 0 Å². The van der Waals surface area contributed by atoms with E-state index in [0.29, 0.717) is 16.1 Å². The van der Waals surface area contributed by atoms with E-state index in [0.717, 1.165) is 11.1 Å². The molecule has 23 heavy (non-hydrogen) atoms. The van der Waals surface area contributed by atoms with Gasteiger partial charge in [0.1, 0.15) is 6.10 Å². The summed E-state index contributed by atoms with van der Waals surface area (Å²) in [5.74, 6) is -0.341. The molecule has 1 N–H and O–H groups in total. The molecule has 1 atom stereocenters. The Morgan fingerprint density at radius 3 is 2.04 bits per heavy atom. The SMILES string of the molecule is O=C(c1ccccc1-c1ccccc1Cl)C(O)c1ccccc1. The highest BCUT2D eigenvalue weighted by Crippen LogP contribution is 2.32. The number of aliphatic hydroxyl groups excluding tert-OH is 1. The normalized spacial score (nSPS) is 11.9. The highest BCUT2D eigenvalue weighted by molar-refractivity contribution is 6.33. The monoisotopic (exact) mass is 322 g/mol. The summed E-state index contributed by atoms with van der Waals surface area (Å²) in [4.78, 5) is 12.8. The van der Waals surface area contributed by atoms with Gasteiger partial charge < -0.3 is 5.11 Å². The average molecular weight is 323 g/mol. The van der Waals surface area contributed by atoms with Crippen LogP contribution < -0.4 is 0 Å². The number of rotatable bonds is 4. The molecule has 0 radical (unpaired) electrons. The van der Waals surface area contributed by atoms with Crippen LogP contribution in [-0.4, -0.2) is 10.9 Å². The van der Waals surface area contributed by atoms with Crippen molar-refractivity contribution in [2.24, 2.45) is 0 Å². The zero-order valence-corrected chi connectivity index (χ0v) is 13.1. The van der Waals surface area contributed by atoms with Crippen molar-refractivity contribution >= 4 is 17.4 Å². The molecule has 1 unspecified atom stereocenters. The van der Waals surface area contributed by atoms with Crippen LogP contribution in [0.2, 0.25) is 5.02 Å². The molecule has 0 saturated carbocycles. The van der Waals surface area contributed by atoms with Crippen LogP contribution in [0, 0.1) is 0 Å². The van der Waals surface area contributed by atoms with Crippen molar-refractivity contribution < 1.29 is 9.90 Å². The molecule has 114 valence electrons. The fraction of sp³-hybridized carbons (Fsp3) is 0.0500. The first-order chi connectivity index (χ1) is 11.2. The molecule has 3 aromatic carbocycles. The Hall–Kier alpha value is -2.42. The maximum Gasteiger partial charge on any atom is 0.196 e. The number of hydrogen-bond acceptors (Lipinski definition) is 2. The molecule has 2 nitrogen and oxygen atoms in total. The number of halogens is 1. The topological polar surface area (TPSA) is 37.3 Å². The van der Waals surface area contributed by atoms with Gasteiger partial charge >= 0.3 is 0 Å². The smallest absolute Gasteiger partial charge is 0.196 e. The predicted octanol–water partition coefficient (Wildman–Crippen LogP) is 4.92. The second kappa shape index (κ2) is 6.78. The zero-order chi connectivity index (χ0) is 16.2. The lowest BCUT2D eigenvalue weighted by molar-refractivity contribution is 0.0748. The van der Waals surface area contributed by atoms with E-state index in [1.807, 2.05) is 36.4 Å². The van der Waals surface area contributed by atoms with E-state index >= 15 is 0 Å². The fourth-order valence-electron chi connectivity index (χ4n) is 2.55. The van der Waals surface area contributed by atoms with Crippen molar-refractivity contribution in [2.75, 3.05) is 0 Å². The Bertz CT molecular complexity index is 828. The lowest BCUT2D eigenvalue weighted by Gasteiger charge is -2.14. The van der Waals surface area contributed by atoms with E-state index in [4.69, 9.17) is 11.6 Å². The average Bonchev–Trinajstić information content (AvgIpc) is 2.62.